The van der Waals surface area contributed by atoms with Gasteiger partial charge in [-0.3, -0.25) is 4.79 Å². The lowest BCUT2D eigenvalue weighted by Crippen LogP contribution is -2.25. The van der Waals surface area contributed by atoms with Gasteiger partial charge >= 0.3 is 5.97 Å². The fourth-order valence-corrected chi connectivity index (χ4v) is 3.13. The number of esters is 1. The van der Waals surface area contributed by atoms with Gasteiger partial charge in [-0.2, -0.15) is 0 Å². The van der Waals surface area contributed by atoms with Gasteiger partial charge < -0.3 is 9.47 Å². The van der Waals surface area contributed by atoms with Crippen LogP contribution in [0.1, 0.15) is 46.5 Å². The topological polar surface area (TPSA) is 35.5 Å². The van der Waals surface area contributed by atoms with Crippen molar-refractivity contribution in [1.82, 2.24) is 0 Å². The van der Waals surface area contributed by atoms with E-state index in [1.807, 2.05) is 0 Å². The summed E-state index contributed by atoms with van der Waals surface area (Å²) in [5.74, 6) is 1.11. The average Bonchev–Trinajstić information content (AvgIpc) is 3.09. The number of ether oxygens (including phenoxy) is 2. The molecule has 0 N–H and O–H groups in total. The maximum absolute atomic E-state index is 12.0. The Bertz CT molecular complexity index is 357. The van der Waals surface area contributed by atoms with Gasteiger partial charge in [0.2, 0.25) is 0 Å². The maximum Gasteiger partial charge on any atom is 0.309 e. The van der Waals surface area contributed by atoms with Crippen LogP contribution in [0.4, 0.5) is 0 Å². The largest absolute Gasteiger partial charge is 0.463 e. The Balaban J connectivity index is 1.60. The van der Waals surface area contributed by atoms with Gasteiger partial charge in [-0.1, -0.05) is 32.9 Å². The minimum Gasteiger partial charge on any atom is -0.463 e. The van der Waals surface area contributed by atoms with Crippen molar-refractivity contribution in [3.63, 3.8) is 0 Å². The Kier molecular flexibility index (Phi) is 5.25. The Morgan fingerprint density at radius 1 is 1.20 bits per heavy atom. The van der Waals surface area contributed by atoms with E-state index in [4.69, 9.17) is 9.47 Å². The molecule has 3 unspecified atom stereocenters. The van der Waals surface area contributed by atoms with E-state index in [1.54, 1.807) is 0 Å². The van der Waals surface area contributed by atoms with E-state index in [-0.39, 0.29) is 17.3 Å². The van der Waals surface area contributed by atoms with Crippen molar-refractivity contribution in [3.8, 4) is 0 Å². The summed E-state index contributed by atoms with van der Waals surface area (Å²) in [7, 11) is 0. The summed E-state index contributed by atoms with van der Waals surface area (Å²) >= 11 is 0. The molecule has 20 heavy (non-hydrogen) atoms. The summed E-state index contributed by atoms with van der Waals surface area (Å²) in [6, 6.07) is 0. The Labute approximate surface area is 122 Å². The summed E-state index contributed by atoms with van der Waals surface area (Å²) in [6.45, 7) is 8.26. The number of carbonyl (C=O) groups is 1. The lowest BCUT2D eigenvalue weighted by molar-refractivity contribution is -0.151. The second kappa shape index (κ2) is 6.75. The van der Waals surface area contributed by atoms with E-state index in [2.05, 4.69) is 32.9 Å². The van der Waals surface area contributed by atoms with Crippen LogP contribution in [0.25, 0.3) is 0 Å². The number of fused-ring (bicyclic) bond motifs is 2. The smallest absolute Gasteiger partial charge is 0.309 e. The molecular weight excluding hydrogens is 252 g/mol. The van der Waals surface area contributed by atoms with Crippen LogP contribution in [0.3, 0.4) is 0 Å². The predicted octanol–water partition coefficient (Wildman–Crippen LogP) is 3.58. The Morgan fingerprint density at radius 3 is 2.50 bits per heavy atom. The van der Waals surface area contributed by atoms with E-state index >= 15 is 0 Å². The zero-order chi connectivity index (χ0) is 14.6. The SMILES string of the molecule is CCC(C)(CC)COCCOC(=O)C1CC2C=CC1C2. The summed E-state index contributed by atoms with van der Waals surface area (Å²) in [5, 5.41) is 0. The van der Waals surface area contributed by atoms with Crippen LogP contribution in [0, 0.1) is 23.2 Å². The van der Waals surface area contributed by atoms with Gasteiger partial charge in [0.1, 0.15) is 6.61 Å². The summed E-state index contributed by atoms with van der Waals surface area (Å²) in [4.78, 5) is 12.0. The van der Waals surface area contributed by atoms with E-state index < -0.39 is 0 Å². The Morgan fingerprint density at radius 2 is 1.95 bits per heavy atom. The van der Waals surface area contributed by atoms with Crippen LogP contribution in [0.15, 0.2) is 12.2 Å². The molecule has 1 saturated carbocycles. The van der Waals surface area contributed by atoms with Crippen molar-refractivity contribution < 1.29 is 14.3 Å². The molecule has 3 nitrogen and oxygen atoms in total. The summed E-state index contributed by atoms with van der Waals surface area (Å²) in [5.41, 5.74) is 0.249. The first-order chi connectivity index (χ1) is 9.58. The second-order valence-electron chi connectivity index (χ2n) is 6.62. The van der Waals surface area contributed by atoms with Gasteiger partial charge in [0.15, 0.2) is 0 Å². The molecular formula is C17H28O3. The lowest BCUT2D eigenvalue weighted by atomic mass is 9.86. The molecule has 114 valence electrons. The number of allylic oxidation sites excluding steroid dienone is 2. The van der Waals surface area contributed by atoms with Crippen molar-refractivity contribution in [2.24, 2.45) is 23.2 Å². The molecule has 0 heterocycles. The molecule has 2 aliphatic carbocycles. The van der Waals surface area contributed by atoms with Crippen LogP contribution in [0.5, 0.6) is 0 Å². The predicted molar refractivity (Wildman–Crippen MR) is 79.3 cm³/mol. The average molecular weight is 280 g/mol. The lowest BCUT2D eigenvalue weighted by Gasteiger charge is -2.26. The highest BCUT2D eigenvalue weighted by Crippen LogP contribution is 2.43. The van der Waals surface area contributed by atoms with Crippen LogP contribution in [-0.4, -0.2) is 25.8 Å². The quantitative estimate of drug-likeness (QED) is 0.387. The first kappa shape index (κ1) is 15.6. The molecule has 0 aliphatic heterocycles. The van der Waals surface area contributed by atoms with Gasteiger partial charge in [-0.25, -0.2) is 0 Å². The van der Waals surface area contributed by atoms with Crippen LogP contribution >= 0.6 is 0 Å². The van der Waals surface area contributed by atoms with Gasteiger partial charge in [0.25, 0.3) is 0 Å². The van der Waals surface area contributed by atoms with Crippen LogP contribution in [0.2, 0.25) is 0 Å². The summed E-state index contributed by atoms with van der Waals surface area (Å²) in [6.07, 6.45) is 8.77. The van der Waals surface area contributed by atoms with Crippen molar-refractivity contribution in [3.05, 3.63) is 12.2 Å². The zero-order valence-electron chi connectivity index (χ0n) is 13.1. The molecule has 0 aromatic heterocycles. The highest BCUT2D eigenvalue weighted by Gasteiger charge is 2.40. The second-order valence-corrected chi connectivity index (χ2v) is 6.62. The molecule has 0 saturated heterocycles. The minimum absolute atomic E-state index is 0.0285. The number of rotatable bonds is 8. The monoisotopic (exact) mass is 280 g/mol. The normalized spacial score (nSPS) is 28.1. The number of hydrogen-bond acceptors (Lipinski definition) is 3. The highest BCUT2D eigenvalue weighted by atomic mass is 16.6. The van der Waals surface area contributed by atoms with E-state index in [0.717, 1.165) is 32.3 Å². The molecule has 2 aliphatic rings. The van der Waals surface area contributed by atoms with Crippen molar-refractivity contribution in [1.29, 1.82) is 0 Å². The highest BCUT2D eigenvalue weighted by molar-refractivity contribution is 5.74. The molecule has 2 bridgehead atoms. The standard InChI is InChI=1S/C17H28O3/c1-4-17(3,5-2)12-19-8-9-20-16(18)15-11-13-6-7-14(15)10-13/h6-7,13-15H,4-5,8-12H2,1-3H3. The zero-order valence-corrected chi connectivity index (χ0v) is 13.1. The van der Waals surface area contributed by atoms with E-state index in [0.29, 0.717) is 25.0 Å². The molecule has 2 rings (SSSR count). The van der Waals surface area contributed by atoms with Crippen molar-refractivity contribution in [2.45, 2.75) is 46.5 Å². The van der Waals surface area contributed by atoms with Gasteiger partial charge in [-0.05, 0) is 42.9 Å². The number of hydrogen-bond donors (Lipinski definition) is 0. The molecule has 0 amide bonds. The van der Waals surface area contributed by atoms with Gasteiger partial charge in [0.05, 0.1) is 19.1 Å². The number of carbonyl (C=O) groups excluding carboxylic acids is 1. The minimum atomic E-state index is -0.0285. The molecule has 0 radical (unpaired) electrons. The first-order valence-electron chi connectivity index (χ1n) is 8.00. The molecule has 3 heteroatoms. The molecule has 0 spiro atoms. The van der Waals surface area contributed by atoms with Gasteiger partial charge in [0, 0.05) is 0 Å². The van der Waals surface area contributed by atoms with Crippen LogP contribution in [-0.2, 0) is 14.3 Å². The third kappa shape index (κ3) is 3.63. The van der Waals surface area contributed by atoms with E-state index in [1.165, 1.54) is 0 Å². The van der Waals surface area contributed by atoms with E-state index in [9.17, 15) is 4.79 Å². The fraction of sp³-hybridized carbons (Fsp3) is 0.824. The molecule has 1 fully saturated rings. The molecule has 3 atom stereocenters. The maximum atomic E-state index is 12.0. The van der Waals surface area contributed by atoms with Crippen molar-refractivity contribution in [2.75, 3.05) is 19.8 Å². The third-order valence-electron chi connectivity index (χ3n) is 5.21. The van der Waals surface area contributed by atoms with Crippen LogP contribution < -0.4 is 0 Å². The summed E-state index contributed by atoms with van der Waals surface area (Å²) < 4.78 is 11.0. The van der Waals surface area contributed by atoms with Gasteiger partial charge in [-0.15, -0.1) is 0 Å². The first-order valence-corrected chi connectivity index (χ1v) is 8.00. The molecule has 0 aromatic rings. The Hall–Kier alpha value is -0.830. The fourth-order valence-electron chi connectivity index (χ4n) is 3.13. The van der Waals surface area contributed by atoms with Crippen molar-refractivity contribution >= 4 is 5.97 Å². The third-order valence-corrected chi connectivity index (χ3v) is 5.21. The molecule has 0 aromatic carbocycles.